The number of carbonyl (C=O) groups is 2. The van der Waals surface area contributed by atoms with Crippen molar-refractivity contribution in [2.75, 3.05) is 26.3 Å². The van der Waals surface area contributed by atoms with Crippen LogP contribution in [0.2, 0.25) is 0 Å². The van der Waals surface area contributed by atoms with Crippen molar-refractivity contribution in [3.05, 3.63) is 23.8 Å². The summed E-state index contributed by atoms with van der Waals surface area (Å²) in [6.07, 6.45) is 4.76. The van der Waals surface area contributed by atoms with Crippen molar-refractivity contribution < 1.29 is 19.1 Å². The van der Waals surface area contributed by atoms with Gasteiger partial charge < -0.3 is 14.4 Å². The summed E-state index contributed by atoms with van der Waals surface area (Å²) < 4.78 is 10.5. The molecule has 1 amide bonds. The maximum atomic E-state index is 12.5. The number of esters is 1. The number of carbonyl (C=O) groups excluding carboxylic acids is 2. The lowest BCUT2D eigenvalue weighted by Gasteiger charge is -2.24. The van der Waals surface area contributed by atoms with Gasteiger partial charge in [0.2, 0.25) is 0 Å². The molecule has 0 N–H and O–H groups in total. The van der Waals surface area contributed by atoms with E-state index in [1.54, 1.807) is 13.8 Å². The first-order valence-corrected chi connectivity index (χ1v) is 7.45. The average molecular weight is 307 g/mol. The summed E-state index contributed by atoms with van der Waals surface area (Å²) in [5, 5.41) is 0. The van der Waals surface area contributed by atoms with Gasteiger partial charge in [0, 0.05) is 19.3 Å². The highest BCUT2D eigenvalue weighted by atomic mass is 16.5. The van der Waals surface area contributed by atoms with Gasteiger partial charge in [-0.25, -0.2) is 4.98 Å². The smallest absolute Gasteiger partial charge is 0.325 e. The zero-order chi connectivity index (χ0) is 15.9. The van der Waals surface area contributed by atoms with Gasteiger partial charge in [-0.1, -0.05) is 0 Å². The van der Waals surface area contributed by atoms with Crippen LogP contribution in [0.15, 0.2) is 12.4 Å². The second kappa shape index (κ2) is 7.84. The van der Waals surface area contributed by atoms with Crippen molar-refractivity contribution in [1.82, 2.24) is 14.9 Å². The van der Waals surface area contributed by atoms with Crippen molar-refractivity contribution in [2.24, 2.45) is 0 Å². The summed E-state index contributed by atoms with van der Waals surface area (Å²) in [6, 6.07) is 0. The lowest BCUT2D eigenvalue weighted by Crippen LogP contribution is -2.41. The van der Waals surface area contributed by atoms with E-state index in [1.165, 1.54) is 17.3 Å². The zero-order valence-electron chi connectivity index (χ0n) is 12.9. The van der Waals surface area contributed by atoms with Crippen LogP contribution in [0.5, 0.6) is 0 Å². The summed E-state index contributed by atoms with van der Waals surface area (Å²) in [7, 11) is 0. The molecule has 120 valence electrons. The van der Waals surface area contributed by atoms with Crippen LogP contribution >= 0.6 is 0 Å². The zero-order valence-corrected chi connectivity index (χ0v) is 12.9. The maximum Gasteiger partial charge on any atom is 0.325 e. The van der Waals surface area contributed by atoms with Crippen molar-refractivity contribution >= 4 is 11.9 Å². The Morgan fingerprint density at radius 1 is 1.41 bits per heavy atom. The van der Waals surface area contributed by atoms with Crippen LogP contribution in [0.4, 0.5) is 0 Å². The second-order valence-corrected chi connectivity index (χ2v) is 5.17. The largest absolute Gasteiger partial charge is 0.465 e. The monoisotopic (exact) mass is 307 g/mol. The Bertz CT molecular complexity index is 512. The van der Waals surface area contributed by atoms with E-state index in [2.05, 4.69) is 9.97 Å². The average Bonchev–Trinajstić information content (AvgIpc) is 3.00. The molecule has 1 fully saturated rings. The Balaban J connectivity index is 2.08. The van der Waals surface area contributed by atoms with Crippen molar-refractivity contribution in [3.63, 3.8) is 0 Å². The number of rotatable bonds is 6. The Kier molecular flexibility index (Phi) is 5.83. The van der Waals surface area contributed by atoms with E-state index >= 15 is 0 Å². The first kappa shape index (κ1) is 16.4. The predicted octanol–water partition coefficient (Wildman–Crippen LogP) is 0.969. The molecule has 7 heteroatoms. The minimum atomic E-state index is -0.436. The Labute approximate surface area is 129 Å². The molecule has 0 aromatic carbocycles. The minimum absolute atomic E-state index is 0.0446. The van der Waals surface area contributed by atoms with Gasteiger partial charge in [0.15, 0.2) is 0 Å². The molecule has 0 saturated carbocycles. The Morgan fingerprint density at radius 3 is 2.82 bits per heavy atom. The molecule has 0 spiro atoms. The van der Waals surface area contributed by atoms with Gasteiger partial charge in [-0.3, -0.25) is 14.6 Å². The topological polar surface area (TPSA) is 81.6 Å². The molecule has 2 rings (SSSR count). The van der Waals surface area contributed by atoms with E-state index in [9.17, 15) is 9.59 Å². The van der Waals surface area contributed by atoms with Crippen LogP contribution in [0.1, 0.15) is 35.9 Å². The van der Waals surface area contributed by atoms with Gasteiger partial charge in [-0.05, 0) is 26.7 Å². The lowest BCUT2D eigenvalue weighted by atomic mass is 10.2. The molecular formula is C15H21N3O4. The number of amides is 1. The molecule has 1 saturated heterocycles. The third kappa shape index (κ3) is 4.49. The molecule has 1 aromatic rings. The molecule has 0 aliphatic carbocycles. The molecule has 1 aromatic heterocycles. The Morgan fingerprint density at radius 2 is 2.23 bits per heavy atom. The van der Waals surface area contributed by atoms with Gasteiger partial charge >= 0.3 is 5.97 Å². The van der Waals surface area contributed by atoms with Crippen LogP contribution in [-0.4, -0.2) is 59.2 Å². The number of nitrogens with zero attached hydrogens (tertiary/aromatic N) is 3. The highest BCUT2D eigenvalue weighted by Crippen LogP contribution is 2.14. The summed E-state index contributed by atoms with van der Waals surface area (Å²) in [5.41, 5.74) is 0.945. The number of aromatic nitrogens is 2. The fourth-order valence-electron chi connectivity index (χ4n) is 2.28. The summed E-state index contributed by atoms with van der Waals surface area (Å²) in [5.74, 6) is -0.773. The molecule has 7 nitrogen and oxygen atoms in total. The van der Waals surface area contributed by atoms with E-state index in [0.717, 1.165) is 18.5 Å². The van der Waals surface area contributed by atoms with Crippen LogP contribution < -0.4 is 0 Å². The maximum absolute atomic E-state index is 12.5. The lowest BCUT2D eigenvalue weighted by molar-refractivity contribution is -0.144. The van der Waals surface area contributed by atoms with Crippen LogP contribution in [-0.2, 0) is 14.3 Å². The van der Waals surface area contributed by atoms with Gasteiger partial charge in [0.05, 0.1) is 24.6 Å². The van der Waals surface area contributed by atoms with E-state index < -0.39 is 5.97 Å². The molecule has 1 aliphatic rings. The molecular weight excluding hydrogens is 286 g/mol. The first-order chi connectivity index (χ1) is 10.6. The quantitative estimate of drug-likeness (QED) is 0.728. The van der Waals surface area contributed by atoms with Crippen LogP contribution in [0.25, 0.3) is 0 Å². The Hall–Kier alpha value is -2.02. The van der Waals surface area contributed by atoms with Gasteiger partial charge in [-0.15, -0.1) is 0 Å². The minimum Gasteiger partial charge on any atom is -0.465 e. The van der Waals surface area contributed by atoms with E-state index in [4.69, 9.17) is 9.47 Å². The highest BCUT2D eigenvalue weighted by molar-refractivity contribution is 5.94. The SMILES string of the molecule is CCOC(=O)CN(C[C@@H]1CCCO1)C(=O)c1cnc(C)cn1. The number of hydrogen-bond acceptors (Lipinski definition) is 6. The molecule has 0 bridgehead atoms. The molecule has 0 radical (unpaired) electrons. The van der Waals surface area contributed by atoms with Gasteiger partial charge in [0.1, 0.15) is 12.2 Å². The summed E-state index contributed by atoms with van der Waals surface area (Å²) in [4.78, 5) is 33.8. The number of aryl methyl sites for hydroxylation is 1. The van der Waals surface area contributed by atoms with Crippen LogP contribution in [0, 0.1) is 6.92 Å². The first-order valence-electron chi connectivity index (χ1n) is 7.45. The van der Waals surface area contributed by atoms with Crippen molar-refractivity contribution in [2.45, 2.75) is 32.8 Å². The molecule has 0 unspecified atom stereocenters. The molecule has 22 heavy (non-hydrogen) atoms. The third-order valence-electron chi connectivity index (χ3n) is 3.36. The van der Waals surface area contributed by atoms with E-state index in [-0.39, 0.29) is 30.9 Å². The standard InChI is InChI=1S/C15H21N3O4/c1-3-21-14(19)10-18(9-12-5-4-6-22-12)15(20)13-8-16-11(2)7-17-13/h7-8,12H,3-6,9-10H2,1-2H3/t12-/m0/s1. The number of ether oxygens (including phenoxy) is 2. The molecule has 1 aliphatic heterocycles. The fraction of sp³-hybridized carbons (Fsp3) is 0.600. The summed E-state index contributed by atoms with van der Waals surface area (Å²) in [6.45, 7) is 4.75. The third-order valence-corrected chi connectivity index (χ3v) is 3.36. The van der Waals surface area contributed by atoms with Gasteiger partial charge in [0.25, 0.3) is 5.91 Å². The van der Waals surface area contributed by atoms with Crippen LogP contribution in [0.3, 0.4) is 0 Å². The second-order valence-electron chi connectivity index (χ2n) is 5.17. The van der Waals surface area contributed by atoms with E-state index in [0.29, 0.717) is 13.2 Å². The number of hydrogen-bond donors (Lipinski definition) is 0. The van der Waals surface area contributed by atoms with Crippen molar-refractivity contribution in [3.8, 4) is 0 Å². The van der Waals surface area contributed by atoms with Gasteiger partial charge in [-0.2, -0.15) is 0 Å². The summed E-state index contributed by atoms with van der Waals surface area (Å²) >= 11 is 0. The predicted molar refractivity (Wildman–Crippen MR) is 78.3 cm³/mol. The van der Waals surface area contributed by atoms with E-state index in [1.807, 2.05) is 0 Å². The fourth-order valence-corrected chi connectivity index (χ4v) is 2.28. The molecule has 2 heterocycles. The van der Waals surface area contributed by atoms with Crippen molar-refractivity contribution in [1.29, 1.82) is 0 Å². The highest BCUT2D eigenvalue weighted by Gasteiger charge is 2.26. The normalized spacial score (nSPS) is 17.3. The molecule has 1 atom stereocenters.